The first-order valence-corrected chi connectivity index (χ1v) is 8.20. The fourth-order valence-corrected chi connectivity index (χ4v) is 3.25. The van der Waals surface area contributed by atoms with Gasteiger partial charge in [-0.05, 0) is 25.5 Å². The topological polar surface area (TPSA) is 74.8 Å². The number of rotatable bonds is 4. The van der Waals surface area contributed by atoms with E-state index in [2.05, 4.69) is 12.6 Å². The molecule has 0 fully saturated rings. The molecule has 4 amide bonds. The third kappa shape index (κ3) is 2.91. The second-order valence-electron chi connectivity index (χ2n) is 5.96. The maximum absolute atomic E-state index is 12.3. The standard InChI is InChI=1S/C18H16N2O4S/c1-10-7-15(21)19(17(10)23)9-14(25)12-5-3-4-6-13(12)20-16(22)8-11(2)18(20)24/h3-8,14,25H,9H2,1-2H3. The van der Waals surface area contributed by atoms with Crippen LogP contribution in [0.5, 0.6) is 0 Å². The summed E-state index contributed by atoms with van der Waals surface area (Å²) in [6, 6.07) is 6.85. The lowest BCUT2D eigenvalue weighted by Crippen LogP contribution is -2.35. The minimum absolute atomic E-state index is 0.0499. The maximum Gasteiger partial charge on any atom is 0.261 e. The Labute approximate surface area is 150 Å². The highest BCUT2D eigenvalue weighted by Crippen LogP contribution is 2.34. The van der Waals surface area contributed by atoms with E-state index in [0.717, 1.165) is 9.80 Å². The van der Waals surface area contributed by atoms with E-state index in [0.29, 0.717) is 22.4 Å². The van der Waals surface area contributed by atoms with Crippen LogP contribution in [-0.4, -0.2) is 35.1 Å². The zero-order chi connectivity index (χ0) is 18.3. The van der Waals surface area contributed by atoms with Crippen molar-refractivity contribution in [2.24, 2.45) is 0 Å². The number of anilines is 1. The second-order valence-corrected chi connectivity index (χ2v) is 6.59. The highest BCUT2D eigenvalue weighted by Gasteiger charge is 2.34. The van der Waals surface area contributed by atoms with Crippen LogP contribution in [0, 0.1) is 0 Å². The van der Waals surface area contributed by atoms with Gasteiger partial charge in [-0.15, -0.1) is 0 Å². The fraction of sp³-hybridized carbons (Fsp3) is 0.222. The fourth-order valence-electron chi connectivity index (χ4n) is 2.87. The quantitative estimate of drug-likeness (QED) is 0.659. The van der Waals surface area contributed by atoms with Crippen LogP contribution in [0.1, 0.15) is 24.7 Å². The average Bonchev–Trinajstić information content (AvgIpc) is 2.96. The number of thiol groups is 1. The van der Waals surface area contributed by atoms with Crippen molar-refractivity contribution in [1.29, 1.82) is 0 Å². The van der Waals surface area contributed by atoms with Crippen LogP contribution < -0.4 is 4.90 Å². The van der Waals surface area contributed by atoms with E-state index < -0.39 is 11.2 Å². The van der Waals surface area contributed by atoms with E-state index in [9.17, 15) is 19.2 Å². The third-order valence-corrected chi connectivity index (χ3v) is 4.62. The lowest BCUT2D eigenvalue weighted by molar-refractivity contribution is -0.137. The summed E-state index contributed by atoms with van der Waals surface area (Å²) >= 11 is 4.51. The molecule has 3 rings (SSSR count). The number of hydrogen-bond donors (Lipinski definition) is 1. The molecule has 0 radical (unpaired) electrons. The van der Waals surface area contributed by atoms with E-state index in [4.69, 9.17) is 0 Å². The second kappa shape index (κ2) is 6.33. The molecule has 25 heavy (non-hydrogen) atoms. The van der Waals surface area contributed by atoms with E-state index in [1.165, 1.54) is 12.2 Å². The van der Waals surface area contributed by atoms with Crippen molar-refractivity contribution >= 4 is 41.9 Å². The van der Waals surface area contributed by atoms with Crippen molar-refractivity contribution in [2.45, 2.75) is 19.1 Å². The van der Waals surface area contributed by atoms with Crippen LogP contribution in [0.3, 0.4) is 0 Å². The molecule has 0 aliphatic carbocycles. The Morgan fingerprint density at radius 1 is 0.920 bits per heavy atom. The number of imide groups is 2. The molecule has 1 unspecified atom stereocenters. The molecule has 6 nitrogen and oxygen atoms in total. The molecule has 0 spiro atoms. The Balaban J connectivity index is 1.89. The van der Waals surface area contributed by atoms with Gasteiger partial charge in [0.05, 0.1) is 5.69 Å². The van der Waals surface area contributed by atoms with E-state index in [1.54, 1.807) is 38.1 Å². The number of carbonyl (C=O) groups is 4. The molecule has 0 saturated heterocycles. The minimum atomic E-state index is -0.537. The Bertz CT molecular complexity index is 872. The number of carbonyl (C=O) groups excluding carboxylic acids is 4. The number of amides is 4. The van der Waals surface area contributed by atoms with Crippen LogP contribution in [0.15, 0.2) is 47.6 Å². The average molecular weight is 356 g/mol. The lowest BCUT2D eigenvalue weighted by atomic mass is 10.1. The highest BCUT2D eigenvalue weighted by atomic mass is 32.1. The number of benzene rings is 1. The molecule has 7 heteroatoms. The molecule has 0 saturated carbocycles. The van der Waals surface area contributed by atoms with Crippen LogP contribution in [0.4, 0.5) is 5.69 Å². The molecular formula is C18H16N2O4S. The van der Waals surface area contributed by atoms with Crippen LogP contribution >= 0.6 is 12.6 Å². The van der Waals surface area contributed by atoms with Crippen LogP contribution in [0.25, 0.3) is 0 Å². The highest BCUT2D eigenvalue weighted by molar-refractivity contribution is 7.80. The van der Waals surface area contributed by atoms with Gasteiger partial charge >= 0.3 is 0 Å². The number of nitrogens with zero attached hydrogens (tertiary/aromatic N) is 2. The summed E-state index contributed by atoms with van der Waals surface area (Å²) in [6.45, 7) is 3.21. The van der Waals surface area contributed by atoms with Gasteiger partial charge < -0.3 is 0 Å². The van der Waals surface area contributed by atoms with Gasteiger partial charge in [-0.25, -0.2) is 4.90 Å². The Morgan fingerprint density at radius 3 is 2.08 bits per heavy atom. The van der Waals surface area contributed by atoms with Gasteiger partial charge in [0.25, 0.3) is 23.6 Å². The van der Waals surface area contributed by atoms with E-state index in [-0.39, 0.29) is 24.3 Å². The predicted molar refractivity (Wildman–Crippen MR) is 94.9 cm³/mol. The molecule has 0 N–H and O–H groups in total. The molecular weight excluding hydrogens is 340 g/mol. The first kappa shape index (κ1) is 17.2. The zero-order valence-corrected chi connectivity index (χ0v) is 14.6. The first-order chi connectivity index (χ1) is 11.8. The van der Waals surface area contributed by atoms with Gasteiger partial charge in [0, 0.05) is 35.1 Å². The molecule has 0 aromatic heterocycles. The minimum Gasteiger partial charge on any atom is -0.274 e. The van der Waals surface area contributed by atoms with Gasteiger partial charge in [-0.1, -0.05) is 18.2 Å². The van der Waals surface area contributed by atoms with Crippen LogP contribution in [-0.2, 0) is 19.2 Å². The van der Waals surface area contributed by atoms with Crippen LogP contribution in [0.2, 0.25) is 0 Å². The summed E-state index contributed by atoms with van der Waals surface area (Å²) in [6.07, 6.45) is 2.57. The Morgan fingerprint density at radius 2 is 1.52 bits per heavy atom. The SMILES string of the molecule is CC1=CC(=O)N(CC(S)c2ccccc2N2C(=O)C=C(C)C2=O)C1=O. The van der Waals surface area contributed by atoms with Gasteiger partial charge in [-0.3, -0.25) is 24.1 Å². The third-order valence-electron chi connectivity index (χ3n) is 4.18. The molecule has 1 atom stereocenters. The van der Waals surface area contributed by atoms with Crippen molar-refractivity contribution in [3.8, 4) is 0 Å². The van der Waals surface area contributed by atoms with Crippen molar-refractivity contribution < 1.29 is 19.2 Å². The summed E-state index contributed by atoms with van der Waals surface area (Å²) in [7, 11) is 0. The van der Waals surface area contributed by atoms with Gasteiger partial charge in [0.15, 0.2) is 0 Å². The van der Waals surface area contributed by atoms with Crippen molar-refractivity contribution in [1.82, 2.24) is 4.90 Å². The summed E-state index contributed by atoms with van der Waals surface area (Å²) < 4.78 is 0. The van der Waals surface area contributed by atoms with Gasteiger partial charge in [-0.2, -0.15) is 12.6 Å². The summed E-state index contributed by atoms with van der Waals surface area (Å²) in [4.78, 5) is 50.6. The van der Waals surface area contributed by atoms with Crippen molar-refractivity contribution in [3.05, 3.63) is 53.1 Å². The first-order valence-electron chi connectivity index (χ1n) is 7.69. The molecule has 1 aromatic rings. The normalized spacial score (nSPS) is 18.8. The Hall–Kier alpha value is -2.67. The maximum atomic E-state index is 12.3. The molecule has 2 aliphatic heterocycles. The molecule has 128 valence electrons. The van der Waals surface area contributed by atoms with Crippen molar-refractivity contribution in [2.75, 3.05) is 11.4 Å². The van der Waals surface area contributed by atoms with E-state index in [1.807, 2.05) is 0 Å². The largest absolute Gasteiger partial charge is 0.274 e. The molecule has 1 aromatic carbocycles. The predicted octanol–water partition coefficient (Wildman–Crippen LogP) is 1.79. The number of para-hydroxylation sites is 1. The van der Waals surface area contributed by atoms with Gasteiger partial charge in [0.1, 0.15) is 0 Å². The summed E-state index contributed by atoms with van der Waals surface area (Å²) in [5.74, 6) is -1.54. The molecule has 2 aliphatic rings. The van der Waals surface area contributed by atoms with Gasteiger partial charge in [0.2, 0.25) is 0 Å². The summed E-state index contributed by atoms with van der Waals surface area (Å²) in [5, 5.41) is -0.537. The lowest BCUT2D eigenvalue weighted by Gasteiger charge is -2.24. The number of hydrogen-bond acceptors (Lipinski definition) is 5. The van der Waals surface area contributed by atoms with E-state index >= 15 is 0 Å². The van der Waals surface area contributed by atoms with Crippen molar-refractivity contribution in [3.63, 3.8) is 0 Å². The summed E-state index contributed by atoms with van der Waals surface area (Å²) in [5.41, 5.74) is 1.75. The smallest absolute Gasteiger partial charge is 0.261 e. The monoisotopic (exact) mass is 356 g/mol. The Kier molecular flexibility index (Phi) is 4.34. The molecule has 0 bridgehead atoms. The zero-order valence-electron chi connectivity index (χ0n) is 13.7. The molecule has 2 heterocycles.